The number of halogens is 3. The first-order chi connectivity index (χ1) is 15.9. The SMILES string of the molecule is CNC1CCCc2sc(-c3ccc4c(=O)c(C(=O)O)cn(-c5ccc(F)cc5F)c4n3)cc21.Cl. The second-order valence-electron chi connectivity index (χ2n) is 7.93. The molecule has 176 valence electrons. The van der Waals surface area contributed by atoms with E-state index in [1.165, 1.54) is 27.1 Å². The molecule has 0 fully saturated rings. The first-order valence-electron chi connectivity index (χ1n) is 10.4. The minimum absolute atomic E-state index is 0. The van der Waals surface area contributed by atoms with Crippen LogP contribution in [0.5, 0.6) is 0 Å². The molecule has 0 amide bonds. The second-order valence-corrected chi connectivity index (χ2v) is 9.07. The van der Waals surface area contributed by atoms with Gasteiger partial charge in [0.05, 0.1) is 21.6 Å². The number of benzene rings is 1. The predicted octanol–water partition coefficient (Wildman–Crippen LogP) is 5.11. The molecule has 0 radical (unpaired) electrons. The third-order valence-corrected chi connectivity index (χ3v) is 7.20. The fourth-order valence-corrected chi connectivity index (χ4v) is 5.57. The summed E-state index contributed by atoms with van der Waals surface area (Å²) in [6, 6.07) is 8.50. The van der Waals surface area contributed by atoms with Gasteiger partial charge in [-0.1, -0.05) is 0 Å². The maximum absolute atomic E-state index is 14.6. The highest BCUT2D eigenvalue weighted by Crippen LogP contribution is 2.39. The highest BCUT2D eigenvalue weighted by Gasteiger charge is 2.23. The molecule has 1 aliphatic rings. The molecule has 34 heavy (non-hydrogen) atoms. The van der Waals surface area contributed by atoms with Crippen LogP contribution in [0.2, 0.25) is 0 Å². The summed E-state index contributed by atoms with van der Waals surface area (Å²) < 4.78 is 29.3. The highest BCUT2D eigenvalue weighted by atomic mass is 35.5. The van der Waals surface area contributed by atoms with Crippen LogP contribution in [-0.4, -0.2) is 27.7 Å². The Morgan fingerprint density at radius 1 is 1.24 bits per heavy atom. The molecule has 1 aromatic carbocycles. The van der Waals surface area contributed by atoms with E-state index in [4.69, 9.17) is 0 Å². The molecule has 3 heterocycles. The molecule has 3 aromatic heterocycles. The third kappa shape index (κ3) is 4.00. The summed E-state index contributed by atoms with van der Waals surface area (Å²) in [4.78, 5) is 31.3. The second kappa shape index (κ2) is 9.25. The first kappa shape index (κ1) is 24.0. The summed E-state index contributed by atoms with van der Waals surface area (Å²) >= 11 is 1.63. The summed E-state index contributed by atoms with van der Waals surface area (Å²) in [5, 5.41) is 12.9. The van der Waals surface area contributed by atoms with Gasteiger partial charge in [0.15, 0.2) is 0 Å². The first-order valence-corrected chi connectivity index (χ1v) is 11.2. The Kier molecular flexibility index (Phi) is 6.53. The Labute approximate surface area is 203 Å². The number of nitrogens with one attached hydrogen (secondary N) is 1. The van der Waals surface area contributed by atoms with Crippen LogP contribution in [0, 0.1) is 11.6 Å². The summed E-state index contributed by atoms with van der Waals surface area (Å²) in [5.74, 6) is -3.10. The monoisotopic (exact) mass is 503 g/mol. The number of fused-ring (bicyclic) bond motifs is 2. The molecule has 1 aliphatic carbocycles. The average Bonchev–Trinajstić information content (AvgIpc) is 3.24. The zero-order chi connectivity index (χ0) is 23.3. The van der Waals surface area contributed by atoms with Crippen LogP contribution in [0.15, 0.2) is 47.4 Å². The van der Waals surface area contributed by atoms with E-state index in [0.29, 0.717) is 11.8 Å². The molecule has 0 saturated heterocycles. The van der Waals surface area contributed by atoms with Gasteiger partial charge in [0.2, 0.25) is 5.43 Å². The molecule has 0 bridgehead atoms. The van der Waals surface area contributed by atoms with E-state index in [2.05, 4.69) is 16.4 Å². The van der Waals surface area contributed by atoms with Crippen LogP contribution < -0.4 is 10.7 Å². The summed E-state index contributed by atoms with van der Waals surface area (Å²) in [7, 11) is 1.93. The van der Waals surface area contributed by atoms with Gasteiger partial charge in [-0.15, -0.1) is 23.7 Å². The van der Waals surface area contributed by atoms with Crippen LogP contribution in [0.1, 0.15) is 39.7 Å². The topological polar surface area (TPSA) is 84.2 Å². The fourth-order valence-electron chi connectivity index (χ4n) is 4.33. The number of hydrogen-bond acceptors (Lipinski definition) is 5. The van der Waals surface area contributed by atoms with Gasteiger partial charge in [0.1, 0.15) is 22.8 Å². The van der Waals surface area contributed by atoms with Crippen molar-refractivity contribution in [2.75, 3.05) is 7.05 Å². The fraction of sp³-hybridized carbons (Fsp3) is 0.208. The van der Waals surface area contributed by atoms with Gasteiger partial charge in [-0.3, -0.25) is 9.36 Å². The van der Waals surface area contributed by atoms with Crippen molar-refractivity contribution in [1.29, 1.82) is 0 Å². The van der Waals surface area contributed by atoms with Crippen molar-refractivity contribution in [2.24, 2.45) is 0 Å². The molecular weight excluding hydrogens is 484 g/mol. The van der Waals surface area contributed by atoms with E-state index in [0.717, 1.165) is 36.4 Å². The molecule has 0 saturated carbocycles. The van der Waals surface area contributed by atoms with Gasteiger partial charge >= 0.3 is 5.97 Å². The van der Waals surface area contributed by atoms with Gasteiger partial charge in [-0.05, 0) is 62.2 Å². The lowest BCUT2D eigenvalue weighted by atomic mass is 9.94. The number of aromatic carboxylic acids is 1. The molecule has 6 nitrogen and oxygen atoms in total. The van der Waals surface area contributed by atoms with Crippen molar-refractivity contribution in [2.45, 2.75) is 25.3 Å². The standard InChI is InChI=1S/C24H19F2N3O3S.ClH/c1-27-17-3-2-4-20-14(17)10-21(33-20)18-7-6-13-22(30)15(24(31)32)11-29(23(13)28-18)19-8-5-12(25)9-16(19)26;/h5-11,17,27H,2-4H2,1H3,(H,31,32);1H. The number of carboxylic acid groups (broad SMARTS) is 1. The van der Waals surface area contributed by atoms with Crippen LogP contribution in [0.3, 0.4) is 0 Å². The van der Waals surface area contributed by atoms with E-state index in [9.17, 15) is 23.5 Å². The average molecular weight is 504 g/mol. The molecule has 0 spiro atoms. The number of carbonyl (C=O) groups is 1. The number of aryl methyl sites for hydroxylation is 1. The predicted molar refractivity (Wildman–Crippen MR) is 130 cm³/mol. The van der Waals surface area contributed by atoms with Crippen LogP contribution >= 0.6 is 23.7 Å². The molecule has 2 N–H and O–H groups in total. The molecule has 5 rings (SSSR count). The molecule has 0 aliphatic heterocycles. The van der Waals surface area contributed by atoms with Crippen molar-refractivity contribution >= 4 is 40.7 Å². The lowest BCUT2D eigenvalue weighted by Gasteiger charge is -2.21. The van der Waals surface area contributed by atoms with Crippen LogP contribution in [0.25, 0.3) is 27.3 Å². The van der Waals surface area contributed by atoms with Gasteiger partial charge < -0.3 is 10.4 Å². The van der Waals surface area contributed by atoms with Gasteiger partial charge in [-0.2, -0.15) is 0 Å². The van der Waals surface area contributed by atoms with Crippen LogP contribution in [0.4, 0.5) is 8.78 Å². The van der Waals surface area contributed by atoms with Crippen molar-refractivity contribution in [3.05, 3.63) is 80.5 Å². The smallest absolute Gasteiger partial charge is 0.341 e. The number of aromatic nitrogens is 2. The van der Waals surface area contributed by atoms with E-state index in [-0.39, 0.29) is 35.2 Å². The lowest BCUT2D eigenvalue weighted by Crippen LogP contribution is -2.20. The highest BCUT2D eigenvalue weighted by molar-refractivity contribution is 7.15. The van der Waals surface area contributed by atoms with Gasteiger partial charge in [0.25, 0.3) is 0 Å². The Balaban J connectivity index is 0.00000274. The van der Waals surface area contributed by atoms with Crippen molar-refractivity contribution in [3.8, 4) is 16.3 Å². The molecule has 1 atom stereocenters. The van der Waals surface area contributed by atoms with Crippen molar-refractivity contribution < 1.29 is 18.7 Å². The number of nitrogens with zero attached hydrogens (tertiary/aromatic N) is 2. The summed E-state index contributed by atoms with van der Waals surface area (Å²) in [6.07, 6.45) is 4.16. The van der Waals surface area contributed by atoms with Gasteiger partial charge in [0, 0.05) is 23.2 Å². The summed E-state index contributed by atoms with van der Waals surface area (Å²) in [5.41, 5.74) is 0.587. The number of hydrogen-bond donors (Lipinski definition) is 2. The third-order valence-electron chi connectivity index (χ3n) is 5.97. The Morgan fingerprint density at radius 3 is 2.74 bits per heavy atom. The summed E-state index contributed by atoms with van der Waals surface area (Å²) in [6.45, 7) is 0. The normalized spacial score (nSPS) is 15.1. The Hall–Kier alpha value is -3.14. The van der Waals surface area contributed by atoms with E-state index >= 15 is 0 Å². The maximum Gasteiger partial charge on any atom is 0.341 e. The number of thiophene rings is 1. The molecule has 4 aromatic rings. The van der Waals surface area contributed by atoms with Crippen molar-refractivity contribution in [3.63, 3.8) is 0 Å². The van der Waals surface area contributed by atoms with Crippen LogP contribution in [-0.2, 0) is 6.42 Å². The largest absolute Gasteiger partial charge is 0.477 e. The minimum atomic E-state index is -1.44. The molecule has 1 unspecified atom stereocenters. The number of carboxylic acids is 1. The minimum Gasteiger partial charge on any atom is -0.477 e. The van der Waals surface area contributed by atoms with Crippen molar-refractivity contribution in [1.82, 2.24) is 14.9 Å². The number of pyridine rings is 2. The number of rotatable bonds is 4. The molecular formula is C24H20ClF2N3O3S. The van der Waals surface area contributed by atoms with E-state index in [1.54, 1.807) is 17.4 Å². The molecule has 10 heteroatoms. The van der Waals surface area contributed by atoms with Gasteiger partial charge in [-0.25, -0.2) is 18.6 Å². The Bertz CT molecular complexity index is 1480. The quantitative estimate of drug-likeness (QED) is 0.404. The maximum atomic E-state index is 14.6. The lowest BCUT2D eigenvalue weighted by molar-refractivity contribution is 0.0695. The van der Waals surface area contributed by atoms with E-state index < -0.39 is 28.6 Å². The Morgan fingerprint density at radius 2 is 2.03 bits per heavy atom. The van der Waals surface area contributed by atoms with E-state index in [1.807, 2.05) is 7.05 Å². The zero-order valence-electron chi connectivity index (χ0n) is 18.0. The zero-order valence-corrected chi connectivity index (χ0v) is 19.6.